The molecule has 9 heteroatoms. The molecule has 0 aromatic heterocycles. The van der Waals surface area contributed by atoms with Crippen LogP contribution in [0.25, 0.3) is 0 Å². The van der Waals surface area contributed by atoms with Gasteiger partial charge in [-0.2, -0.15) is 13.2 Å². The molecule has 0 aliphatic carbocycles. The highest BCUT2D eigenvalue weighted by Crippen LogP contribution is 2.34. The first kappa shape index (κ1) is 18.8. The number of rotatable bonds is 6. The number of nitrogens with one attached hydrogen (secondary N) is 2. The highest BCUT2D eigenvalue weighted by molar-refractivity contribution is 6.08. The Morgan fingerprint density at radius 1 is 1.24 bits per heavy atom. The summed E-state index contributed by atoms with van der Waals surface area (Å²) in [6.07, 6.45) is -4.37. The zero-order valence-corrected chi connectivity index (χ0v) is 13.5. The van der Waals surface area contributed by atoms with E-state index in [4.69, 9.17) is 0 Å². The number of carbonyl (C=O) groups is 3. The van der Waals surface area contributed by atoms with E-state index in [9.17, 15) is 27.6 Å². The molecule has 1 heterocycles. The van der Waals surface area contributed by atoms with E-state index in [2.05, 4.69) is 0 Å². The number of urea groups is 1. The molecule has 1 aromatic carbocycles. The average Bonchev–Trinajstić information content (AvgIpc) is 2.79. The Labute approximate surface area is 142 Å². The van der Waals surface area contributed by atoms with Gasteiger partial charge in [0.05, 0.1) is 6.54 Å². The summed E-state index contributed by atoms with van der Waals surface area (Å²) in [5.74, 6) is -2.49. The Balaban J connectivity index is 2.27. The highest BCUT2D eigenvalue weighted by atomic mass is 19.4. The van der Waals surface area contributed by atoms with Crippen LogP contribution >= 0.6 is 0 Å². The summed E-state index contributed by atoms with van der Waals surface area (Å²) in [5.41, 5.74) is -2.94. The molecule has 1 fully saturated rings. The highest BCUT2D eigenvalue weighted by Gasteiger charge is 2.68. The van der Waals surface area contributed by atoms with Crippen LogP contribution in [0.2, 0.25) is 0 Å². The number of carbonyl (C=O) groups excluding carboxylic acids is 3. The smallest absolute Gasteiger partial charge is 0.318 e. The summed E-state index contributed by atoms with van der Waals surface area (Å²) in [4.78, 5) is 36.6. The Hall–Kier alpha value is -2.58. The fourth-order valence-corrected chi connectivity index (χ4v) is 2.44. The zero-order valence-electron chi connectivity index (χ0n) is 13.5. The standard InChI is InChI=1S/C16H18F3N3O3/c1-2-3-9-12(23)20-15(16(17,18)19)13(24)22(14(25)21-15)10-11-7-5-4-6-8-11/h4-8H,2-3,9-10H2,1H3,(H,20,23)(H,21,25)/t15-/m0/s1. The van der Waals surface area contributed by atoms with Crippen molar-refractivity contribution in [2.45, 2.75) is 44.6 Å². The summed E-state index contributed by atoms with van der Waals surface area (Å²) in [6, 6.07) is 6.92. The zero-order chi connectivity index (χ0) is 18.7. The van der Waals surface area contributed by atoms with Gasteiger partial charge in [-0.25, -0.2) is 4.79 Å². The first-order valence-corrected chi connectivity index (χ1v) is 7.77. The molecule has 136 valence electrons. The molecule has 6 nitrogen and oxygen atoms in total. The molecule has 1 aliphatic heterocycles. The molecule has 0 saturated carbocycles. The van der Waals surface area contributed by atoms with Gasteiger partial charge in [-0.1, -0.05) is 43.7 Å². The van der Waals surface area contributed by atoms with Crippen LogP contribution in [0.1, 0.15) is 31.7 Å². The molecule has 1 saturated heterocycles. The number of alkyl halides is 3. The number of benzene rings is 1. The van der Waals surface area contributed by atoms with Gasteiger partial charge in [0.1, 0.15) is 0 Å². The third-order valence-corrected chi connectivity index (χ3v) is 3.80. The van der Waals surface area contributed by atoms with Crippen LogP contribution in [0.15, 0.2) is 30.3 Å². The van der Waals surface area contributed by atoms with Gasteiger partial charge in [0, 0.05) is 6.42 Å². The van der Waals surface area contributed by atoms with Gasteiger partial charge in [0.25, 0.3) is 11.6 Å². The maximum Gasteiger partial charge on any atom is 0.440 e. The maximum atomic E-state index is 13.6. The molecule has 0 spiro atoms. The van der Waals surface area contributed by atoms with E-state index in [-0.39, 0.29) is 13.0 Å². The minimum atomic E-state index is -5.17. The molecule has 1 atom stereocenters. The lowest BCUT2D eigenvalue weighted by atomic mass is 10.1. The molecule has 1 aliphatic rings. The second kappa shape index (κ2) is 7.12. The van der Waals surface area contributed by atoms with E-state index in [0.29, 0.717) is 23.3 Å². The lowest BCUT2D eigenvalue weighted by molar-refractivity contribution is -0.204. The van der Waals surface area contributed by atoms with Gasteiger partial charge in [-0.15, -0.1) is 0 Å². The van der Waals surface area contributed by atoms with Crippen molar-refractivity contribution >= 4 is 17.8 Å². The van der Waals surface area contributed by atoms with Crippen molar-refractivity contribution in [2.24, 2.45) is 0 Å². The van der Waals surface area contributed by atoms with E-state index < -0.39 is 29.7 Å². The lowest BCUT2D eigenvalue weighted by Crippen LogP contribution is -2.69. The summed E-state index contributed by atoms with van der Waals surface area (Å²) in [7, 11) is 0. The van der Waals surface area contributed by atoms with Crippen molar-refractivity contribution in [3.05, 3.63) is 35.9 Å². The Kier molecular flexibility index (Phi) is 5.34. The quantitative estimate of drug-likeness (QED) is 0.767. The number of amides is 4. The van der Waals surface area contributed by atoms with Crippen molar-refractivity contribution in [3.8, 4) is 0 Å². The summed E-state index contributed by atoms with van der Waals surface area (Å²) in [5, 5.41) is 3.29. The van der Waals surface area contributed by atoms with Gasteiger partial charge in [0.15, 0.2) is 0 Å². The average molecular weight is 357 g/mol. The fraction of sp³-hybridized carbons (Fsp3) is 0.438. The van der Waals surface area contributed by atoms with Gasteiger partial charge in [-0.3, -0.25) is 19.8 Å². The van der Waals surface area contributed by atoms with E-state index in [1.807, 2.05) is 0 Å². The van der Waals surface area contributed by atoms with Gasteiger partial charge in [0.2, 0.25) is 5.91 Å². The number of imide groups is 1. The minimum Gasteiger partial charge on any atom is -0.318 e. The molecule has 2 N–H and O–H groups in total. The first-order valence-electron chi connectivity index (χ1n) is 7.77. The SMILES string of the molecule is CCCCC(=O)N[C@]1(C(F)(F)F)NC(=O)N(Cc2ccccc2)C1=O. The van der Waals surface area contributed by atoms with Gasteiger partial charge in [-0.05, 0) is 12.0 Å². The third-order valence-electron chi connectivity index (χ3n) is 3.80. The van der Waals surface area contributed by atoms with Crippen LogP contribution in [0.4, 0.5) is 18.0 Å². The molecular formula is C16H18F3N3O3. The van der Waals surface area contributed by atoms with Crippen LogP contribution in [-0.2, 0) is 16.1 Å². The maximum absolute atomic E-state index is 13.6. The second-order valence-corrected chi connectivity index (χ2v) is 5.71. The molecular weight excluding hydrogens is 339 g/mol. The topological polar surface area (TPSA) is 78.5 Å². The van der Waals surface area contributed by atoms with Crippen molar-refractivity contribution in [1.29, 1.82) is 0 Å². The predicted molar refractivity (Wildman–Crippen MR) is 82.0 cm³/mol. The fourth-order valence-electron chi connectivity index (χ4n) is 2.44. The molecule has 25 heavy (non-hydrogen) atoms. The van der Waals surface area contributed by atoms with Crippen LogP contribution in [-0.4, -0.2) is 34.6 Å². The number of unbranched alkanes of at least 4 members (excludes halogenated alkanes) is 1. The number of halogens is 3. The van der Waals surface area contributed by atoms with E-state index in [0.717, 1.165) is 0 Å². The van der Waals surface area contributed by atoms with E-state index in [1.54, 1.807) is 47.9 Å². The first-order chi connectivity index (χ1) is 11.7. The van der Waals surface area contributed by atoms with Crippen molar-refractivity contribution < 1.29 is 27.6 Å². The Morgan fingerprint density at radius 2 is 1.88 bits per heavy atom. The summed E-state index contributed by atoms with van der Waals surface area (Å²) in [6.45, 7) is 1.45. The number of nitrogens with zero attached hydrogens (tertiary/aromatic N) is 1. The number of hydrogen-bond donors (Lipinski definition) is 2. The number of hydrogen-bond acceptors (Lipinski definition) is 3. The van der Waals surface area contributed by atoms with Gasteiger partial charge < -0.3 is 5.32 Å². The second-order valence-electron chi connectivity index (χ2n) is 5.71. The van der Waals surface area contributed by atoms with Crippen molar-refractivity contribution in [3.63, 3.8) is 0 Å². The van der Waals surface area contributed by atoms with Crippen molar-refractivity contribution in [1.82, 2.24) is 15.5 Å². The molecule has 0 radical (unpaired) electrons. The Bertz CT molecular complexity index is 664. The van der Waals surface area contributed by atoms with Crippen LogP contribution in [0.5, 0.6) is 0 Å². The lowest BCUT2D eigenvalue weighted by Gasteiger charge is -2.29. The molecule has 1 aromatic rings. The molecule has 4 amide bonds. The normalized spacial score (nSPS) is 20.6. The predicted octanol–water partition coefficient (Wildman–Crippen LogP) is 2.30. The molecule has 0 bridgehead atoms. The molecule has 0 unspecified atom stereocenters. The van der Waals surface area contributed by atoms with E-state index in [1.165, 1.54) is 0 Å². The van der Waals surface area contributed by atoms with Gasteiger partial charge >= 0.3 is 12.2 Å². The van der Waals surface area contributed by atoms with Crippen LogP contribution < -0.4 is 10.6 Å². The van der Waals surface area contributed by atoms with E-state index >= 15 is 0 Å². The minimum absolute atomic E-state index is 0.170. The largest absolute Gasteiger partial charge is 0.440 e. The third kappa shape index (κ3) is 3.75. The van der Waals surface area contributed by atoms with Crippen LogP contribution in [0, 0.1) is 0 Å². The monoisotopic (exact) mass is 357 g/mol. The Morgan fingerprint density at radius 3 is 2.44 bits per heavy atom. The van der Waals surface area contributed by atoms with Crippen molar-refractivity contribution in [2.75, 3.05) is 0 Å². The molecule has 2 rings (SSSR count). The summed E-state index contributed by atoms with van der Waals surface area (Å²) < 4.78 is 40.7. The summed E-state index contributed by atoms with van der Waals surface area (Å²) >= 11 is 0. The van der Waals surface area contributed by atoms with Crippen LogP contribution in [0.3, 0.4) is 0 Å².